The topological polar surface area (TPSA) is 76.0 Å². The molecule has 0 saturated carbocycles. The van der Waals surface area contributed by atoms with Gasteiger partial charge in [-0.05, 0) is 72.2 Å². The van der Waals surface area contributed by atoms with Crippen LogP contribution in [0.3, 0.4) is 0 Å². The Morgan fingerprint density at radius 1 is 0.895 bits per heavy atom. The lowest BCUT2D eigenvalue weighted by Gasteiger charge is -2.24. The second-order valence-corrected chi connectivity index (χ2v) is 10.3. The van der Waals surface area contributed by atoms with Gasteiger partial charge in [0.05, 0.1) is 26.4 Å². The van der Waals surface area contributed by atoms with Crippen LogP contribution in [-0.4, -0.2) is 42.6 Å². The van der Waals surface area contributed by atoms with E-state index in [1.807, 2.05) is 13.0 Å². The van der Waals surface area contributed by atoms with Crippen molar-refractivity contribution in [2.75, 3.05) is 26.4 Å². The van der Waals surface area contributed by atoms with Gasteiger partial charge < -0.3 is 19.7 Å². The fourth-order valence-corrected chi connectivity index (χ4v) is 4.17. The van der Waals surface area contributed by atoms with Gasteiger partial charge in [-0.25, -0.2) is 4.79 Å². The maximum atomic E-state index is 11.9. The highest BCUT2D eigenvalue weighted by Crippen LogP contribution is 2.33. The summed E-state index contributed by atoms with van der Waals surface area (Å²) in [5, 5.41) is 19.2. The van der Waals surface area contributed by atoms with E-state index >= 15 is 0 Å². The number of benzene rings is 3. The maximum absolute atomic E-state index is 11.9. The fraction of sp³-hybridized carbons (Fsp3) is 0.364. The standard InChI is InChI=1S/C33H40O5/c1-6-25-19-27(26-9-7-24(4)8-10-26)11-13-30(25)28-12-14-31(37-18-16-33(5,21-34)22-35)29(20-28)15-17-38-32(36)23(2)3/h7-14,19-20,34-35H,2,6,15-18,21-22H2,1,3-5H3. The molecule has 0 spiro atoms. The smallest absolute Gasteiger partial charge is 0.333 e. The van der Waals surface area contributed by atoms with Crippen LogP contribution in [0.25, 0.3) is 22.3 Å². The van der Waals surface area contributed by atoms with Gasteiger partial charge in [0.1, 0.15) is 5.75 Å². The molecule has 0 radical (unpaired) electrons. The van der Waals surface area contributed by atoms with Crippen molar-refractivity contribution in [2.45, 2.75) is 47.0 Å². The molecule has 0 aromatic heterocycles. The highest BCUT2D eigenvalue weighted by molar-refractivity contribution is 5.86. The predicted molar refractivity (Wildman–Crippen MR) is 153 cm³/mol. The van der Waals surface area contributed by atoms with Crippen LogP contribution in [-0.2, 0) is 22.4 Å². The summed E-state index contributed by atoms with van der Waals surface area (Å²) in [5.74, 6) is 0.290. The number of carbonyl (C=O) groups is 1. The van der Waals surface area contributed by atoms with Crippen molar-refractivity contribution in [3.8, 4) is 28.0 Å². The predicted octanol–water partition coefficient (Wildman–Crippen LogP) is 6.31. The molecule has 38 heavy (non-hydrogen) atoms. The molecule has 3 rings (SSSR count). The summed E-state index contributed by atoms with van der Waals surface area (Å²) in [6.07, 6.45) is 1.88. The number of aliphatic hydroxyl groups is 2. The van der Waals surface area contributed by atoms with Crippen LogP contribution in [0.4, 0.5) is 0 Å². The number of hydrogen-bond donors (Lipinski definition) is 2. The van der Waals surface area contributed by atoms with Gasteiger partial charge in [-0.3, -0.25) is 0 Å². The Kier molecular flexibility index (Phi) is 10.3. The van der Waals surface area contributed by atoms with Crippen molar-refractivity contribution < 1.29 is 24.5 Å². The largest absolute Gasteiger partial charge is 0.493 e. The lowest BCUT2D eigenvalue weighted by Crippen LogP contribution is -2.28. The van der Waals surface area contributed by atoms with Gasteiger partial charge >= 0.3 is 5.97 Å². The minimum absolute atomic E-state index is 0.117. The lowest BCUT2D eigenvalue weighted by molar-refractivity contribution is -0.138. The number of ether oxygens (including phenoxy) is 2. The van der Waals surface area contributed by atoms with Gasteiger partial charge in [-0.2, -0.15) is 0 Å². The molecular formula is C33H40O5. The number of esters is 1. The van der Waals surface area contributed by atoms with E-state index in [1.165, 1.54) is 22.3 Å². The van der Waals surface area contributed by atoms with E-state index in [2.05, 4.69) is 75.0 Å². The molecule has 0 aliphatic rings. The number of carbonyl (C=O) groups excluding carboxylic acids is 1. The zero-order chi connectivity index (χ0) is 27.7. The number of aliphatic hydroxyl groups excluding tert-OH is 2. The van der Waals surface area contributed by atoms with Crippen LogP contribution in [0.2, 0.25) is 0 Å². The van der Waals surface area contributed by atoms with E-state index in [9.17, 15) is 15.0 Å². The van der Waals surface area contributed by atoms with E-state index in [0.29, 0.717) is 30.8 Å². The average molecular weight is 517 g/mol. The summed E-state index contributed by atoms with van der Waals surface area (Å²) in [5.41, 5.74) is 7.78. The molecule has 0 saturated heterocycles. The van der Waals surface area contributed by atoms with Crippen LogP contribution in [0.15, 0.2) is 72.8 Å². The van der Waals surface area contributed by atoms with Crippen LogP contribution in [0, 0.1) is 12.3 Å². The summed E-state index contributed by atoms with van der Waals surface area (Å²) < 4.78 is 11.5. The molecule has 0 aliphatic heterocycles. The van der Waals surface area contributed by atoms with Crippen molar-refractivity contribution in [3.05, 3.63) is 89.5 Å². The highest BCUT2D eigenvalue weighted by Gasteiger charge is 2.22. The van der Waals surface area contributed by atoms with E-state index in [4.69, 9.17) is 9.47 Å². The molecule has 0 aliphatic carbocycles. The normalized spacial score (nSPS) is 11.3. The Bertz CT molecular complexity index is 1240. The first-order chi connectivity index (χ1) is 18.2. The third-order valence-corrected chi connectivity index (χ3v) is 6.92. The molecule has 3 aromatic carbocycles. The Morgan fingerprint density at radius 3 is 2.16 bits per heavy atom. The molecule has 5 heteroatoms. The molecule has 202 valence electrons. The zero-order valence-corrected chi connectivity index (χ0v) is 23.0. The number of rotatable bonds is 13. The minimum Gasteiger partial charge on any atom is -0.493 e. The molecule has 0 unspecified atom stereocenters. The Hall–Kier alpha value is -3.41. The molecule has 0 amide bonds. The molecule has 0 bridgehead atoms. The van der Waals surface area contributed by atoms with E-state index < -0.39 is 11.4 Å². The Morgan fingerprint density at radius 2 is 1.53 bits per heavy atom. The summed E-state index contributed by atoms with van der Waals surface area (Å²) in [4.78, 5) is 11.9. The molecule has 3 aromatic rings. The second kappa shape index (κ2) is 13.4. The van der Waals surface area contributed by atoms with Crippen LogP contribution >= 0.6 is 0 Å². The van der Waals surface area contributed by atoms with Crippen molar-refractivity contribution in [2.24, 2.45) is 5.41 Å². The first-order valence-corrected chi connectivity index (χ1v) is 13.2. The molecule has 5 nitrogen and oxygen atoms in total. The fourth-order valence-electron chi connectivity index (χ4n) is 4.17. The number of hydrogen-bond acceptors (Lipinski definition) is 5. The van der Waals surface area contributed by atoms with Gasteiger partial charge in [-0.1, -0.05) is 74.5 Å². The first-order valence-electron chi connectivity index (χ1n) is 13.2. The van der Waals surface area contributed by atoms with E-state index in [0.717, 1.165) is 23.1 Å². The minimum atomic E-state index is -0.605. The van der Waals surface area contributed by atoms with Crippen LogP contribution in [0.1, 0.15) is 43.9 Å². The Labute approximate surface area is 226 Å². The lowest BCUT2D eigenvalue weighted by atomic mass is 9.89. The monoisotopic (exact) mass is 516 g/mol. The van der Waals surface area contributed by atoms with Crippen LogP contribution < -0.4 is 4.74 Å². The average Bonchev–Trinajstić information content (AvgIpc) is 2.93. The van der Waals surface area contributed by atoms with Gasteiger partial charge in [0, 0.05) is 17.4 Å². The third-order valence-electron chi connectivity index (χ3n) is 6.92. The summed E-state index contributed by atoms with van der Waals surface area (Å²) in [7, 11) is 0. The first kappa shape index (κ1) is 29.2. The van der Waals surface area contributed by atoms with E-state index in [-0.39, 0.29) is 19.8 Å². The molecule has 0 heterocycles. The molecular weight excluding hydrogens is 476 g/mol. The summed E-state index contributed by atoms with van der Waals surface area (Å²) in [6.45, 7) is 11.7. The van der Waals surface area contributed by atoms with Gasteiger partial charge in [-0.15, -0.1) is 0 Å². The zero-order valence-electron chi connectivity index (χ0n) is 23.0. The SMILES string of the molecule is C=C(C)C(=O)OCCc1cc(-c2ccc(-c3ccc(C)cc3)cc2CC)ccc1OCCC(C)(CO)CO. The highest BCUT2D eigenvalue weighted by atomic mass is 16.5. The second-order valence-electron chi connectivity index (χ2n) is 10.3. The summed E-state index contributed by atoms with van der Waals surface area (Å²) in [6, 6.07) is 21.2. The maximum Gasteiger partial charge on any atom is 0.333 e. The van der Waals surface area contributed by atoms with Crippen LogP contribution in [0.5, 0.6) is 5.75 Å². The number of aryl methyl sites for hydroxylation is 2. The molecule has 2 N–H and O–H groups in total. The van der Waals surface area contributed by atoms with Crippen molar-refractivity contribution in [1.82, 2.24) is 0 Å². The van der Waals surface area contributed by atoms with Crippen molar-refractivity contribution >= 4 is 5.97 Å². The third kappa shape index (κ3) is 7.56. The van der Waals surface area contributed by atoms with Crippen molar-refractivity contribution in [3.63, 3.8) is 0 Å². The molecule has 0 fully saturated rings. The molecule has 0 atom stereocenters. The van der Waals surface area contributed by atoms with Gasteiger partial charge in [0.25, 0.3) is 0 Å². The van der Waals surface area contributed by atoms with E-state index in [1.54, 1.807) is 6.92 Å². The van der Waals surface area contributed by atoms with Gasteiger partial charge in [0.15, 0.2) is 0 Å². The van der Waals surface area contributed by atoms with Gasteiger partial charge in [0.2, 0.25) is 0 Å². The summed E-state index contributed by atoms with van der Waals surface area (Å²) >= 11 is 0. The van der Waals surface area contributed by atoms with Crippen molar-refractivity contribution in [1.29, 1.82) is 0 Å². The quantitative estimate of drug-likeness (QED) is 0.206. The Balaban J connectivity index is 1.89.